The third kappa shape index (κ3) is 3.62. The van der Waals surface area contributed by atoms with E-state index < -0.39 is 0 Å². The number of hydrogen-bond acceptors (Lipinski definition) is 2. The first kappa shape index (κ1) is 12.7. The molecule has 0 aromatic heterocycles. The van der Waals surface area contributed by atoms with E-state index in [2.05, 4.69) is 18.3 Å². The zero-order valence-electron chi connectivity index (χ0n) is 10.3. The van der Waals surface area contributed by atoms with Crippen molar-refractivity contribution in [2.45, 2.75) is 26.2 Å². The number of hydrogen-bond donors (Lipinski definition) is 1. The van der Waals surface area contributed by atoms with Crippen LogP contribution in [0.4, 0.5) is 0 Å². The van der Waals surface area contributed by atoms with Crippen LogP contribution in [0.3, 0.4) is 0 Å². The van der Waals surface area contributed by atoms with Crippen molar-refractivity contribution >= 4 is 11.6 Å². The average molecular weight is 254 g/mol. The summed E-state index contributed by atoms with van der Waals surface area (Å²) in [6.07, 6.45) is 3.50. The molecule has 0 amide bonds. The summed E-state index contributed by atoms with van der Waals surface area (Å²) < 4.78 is 5.80. The second kappa shape index (κ2) is 6.27. The molecule has 1 atom stereocenters. The van der Waals surface area contributed by atoms with E-state index in [1.54, 1.807) is 0 Å². The molecular formula is C14H20ClNO. The lowest BCUT2D eigenvalue weighted by molar-refractivity contribution is 0.218. The van der Waals surface area contributed by atoms with Gasteiger partial charge in [0.1, 0.15) is 5.75 Å². The maximum atomic E-state index is 6.19. The molecule has 1 fully saturated rings. The smallest absolute Gasteiger partial charge is 0.137 e. The summed E-state index contributed by atoms with van der Waals surface area (Å²) in [5.74, 6) is 1.43. The molecule has 0 aliphatic carbocycles. The summed E-state index contributed by atoms with van der Waals surface area (Å²) in [6.45, 7) is 5.09. The highest BCUT2D eigenvalue weighted by atomic mass is 35.5. The van der Waals surface area contributed by atoms with Gasteiger partial charge in [-0.1, -0.05) is 24.6 Å². The van der Waals surface area contributed by atoms with Gasteiger partial charge in [0.15, 0.2) is 0 Å². The van der Waals surface area contributed by atoms with Gasteiger partial charge in [-0.05, 0) is 43.5 Å². The summed E-state index contributed by atoms with van der Waals surface area (Å²) in [7, 11) is 0. The molecule has 1 N–H and O–H groups in total. The van der Waals surface area contributed by atoms with Gasteiger partial charge in [0.25, 0.3) is 0 Å². The summed E-state index contributed by atoms with van der Waals surface area (Å²) in [5.41, 5.74) is 1.25. The number of piperidine rings is 1. The Labute approximate surface area is 108 Å². The Bertz CT molecular complexity index is 361. The largest absolute Gasteiger partial charge is 0.492 e. The molecule has 94 valence electrons. The topological polar surface area (TPSA) is 21.3 Å². The molecule has 0 spiro atoms. The fourth-order valence-electron chi connectivity index (χ4n) is 2.16. The summed E-state index contributed by atoms with van der Waals surface area (Å²) in [6, 6.07) is 6.06. The van der Waals surface area contributed by atoms with Crippen molar-refractivity contribution in [3.63, 3.8) is 0 Å². The second-order valence-corrected chi connectivity index (χ2v) is 5.05. The first-order chi connectivity index (χ1) is 8.29. The number of nitrogens with one attached hydrogen (secondary N) is 1. The Morgan fingerprint density at radius 2 is 2.35 bits per heavy atom. The molecule has 0 saturated carbocycles. The van der Waals surface area contributed by atoms with Crippen LogP contribution in [0.25, 0.3) is 0 Å². The van der Waals surface area contributed by atoms with Crippen molar-refractivity contribution in [2.75, 3.05) is 19.7 Å². The van der Waals surface area contributed by atoms with E-state index in [-0.39, 0.29) is 0 Å². The Hall–Kier alpha value is -0.730. The molecule has 1 aliphatic heterocycles. The van der Waals surface area contributed by atoms with Crippen LogP contribution in [-0.2, 0) is 6.42 Å². The monoisotopic (exact) mass is 253 g/mol. The Morgan fingerprint density at radius 1 is 1.47 bits per heavy atom. The zero-order valence-corrected chi connectivity index (χ0v) is 11.1. The maximum absolute atomic E-state index is 6.19. The fourth-order valence-corrected chi connectivity index (χ4v) is 2.41. The van der Waals surface area contributed by atoms with E-state index in [4.69, 9.17) is 16.3 Å². The van der Waals surface area contributed by atoms with E-state index in [0.717, 1.165) is 36.9 Å². The molecule has 0 unspecified atom stereocenters. The lowest BCUT2D eigenvalue weighted by Crippen LogP contribution is -2.33. The molecular weight excluding hydrogens is 234 g/mol. The molecule has 2 nitrogen and oxygen atoms in total. The normalized spacial score (nSPS) is 20.2. The fraction of sp³-hybridized carbons (Fsp3) is 0.571. The molecule has 1 aliphatic rings. The number of benzene rings is 1. The average Bonchev–Trinajstić information content (AvgIpc) is 2.38. The number of halogens is 1. The van der Waals surface area contributed by atoms with Crippen LogP contribution in [0.5, 0.6) is 5.75 Å². The van der Waals surface area contributed by atoms with Crippen LogP contribution in [0, 0.1) is 5.92 Å². The van der Waals surface area contributed by atoms with E-state index in [0.29, 0.717) is 5.92 Å². The first-order valence-corrected chi connectivity index (χ1v) is 6.79. The van der Waals surface area contributed by atoms with Crippen molar-refractivity contribution in [1.82, 2.24) is 5.32 Å². The maximum Gasteiger partial charge on any atom is 0.137 e. The Kier molecular flexibility index (Phi) is 4.69. The van der Waals surface area contributed by atoms with E-state index in [1.165, 1.54) is 18.4 Å². The third-order valence-corrected chi connectivity index (χ3v) is 3.57. The van der Waals surface area contributed by atoms with Crippen LogP contribution >= 0.6 is 11.6 Å². The highest BCUT2D eigenvalue weighted by Gasteiger charge is 2.14. The van der Waals surface area contributed by atoms with Gasteiger partial charge in [0, 0.05) is 12.5 Å². The first-order valence-electron chi connectivity index (χ1n) is 6.41. The van der Waals surface area contributed by atoms with Crippen molar-refractivity contribution in [1.29, 1.82) is 0 Å². The van der Waals surface area contributed by atoms with Gasteiger partial charge in [-0.3, -0.25) is 0 Å². The summed E-state index contributed by atoms with van der Waals surface area (Å²) in [4.78, 5) is 0. The quantitative estimate of drug-likeness (QED) is 0.889. The standard InChI is InChI=1S/C14H20ClNO/c1-2-11-5-6-14(13(15)8-11)17-10-12-4-3-7-16-9-12/h5-6,8,12,16H,2-4,7,9-10H2,1H3/t12-/m0/s1. The van der Waals surface area contributed by atoms with Crippen molar-refractivity contribution < 1.29 is 4.74 Å². The highest BCUT2D eigenvalue weighted by molar-refractivity contribution is 6.32. The van der Waals surface area contributed by atoms with Crippen molar-refractivity contribution in [3.05, 3.63) is 28.8 Å². The van der Waals surface area contributed by atoms with Crippen LogP contribution in [0.15, 0.2) is 18.2 Å². The molecule has 1 heterocycles. The Morgan fingerprint density at radius 3 is 3.00 bits per heavy atom. The van der Waals surface area contributed by atoms with Crippen LogP contribution in [0.2, 0.25) is 5.02 Å². The van der Waals surface area contributed by atoms with E-state index in [9.17, 15) is 0 Å². The molecule has 1 saturated heterocycles. The molecule has 1 aromatic rings. The molecule has 0 bridgehead atoms. The molecule has 17 heavy (non-hydrogen) atoms. The van der Waals surface area contributed by atoms with E-state index in [1.807, 2.05) is 12.1 Å². The molecule has 1 aromatic carbocycles. The summed E-state index contributed by atoms with van der Waals surface area (Å²) >= 11 is 6.19. The van der Waals surface area contributed by atoms with Crippen LogP contribution < -0.4 is 10.1 Å². The van der Waals surface area contributed by atoms with Gasteiger partial charge in [-0.2, -0.15) is 0 Å². The number of rotatable bonds is 4. The van der Waals surface area contributed by atoms with Crippen LogP contribution in [-0.4, -0.2) is 19.7 Å². The zero-order chi connectivity index (χ0) is 12.1. The Balaban J connectivity index is 1.89. The van der Waals surface area contributed by atoms with Gasteiger partial charge >= 0.3 is 0 Å². The van der Waals surface area contributed by atoms with Gasteiger partial charge in [0.05, 0.1) is 11.6 Å². The highest BCUT2D eigenvalue weighted by Crippen LogP contribution is 2.26. The minimum Gasteiger partial charge on any atom is -0.492 e. The van der Waals surface area contributed by atoms with Gasteiger partial charge in [-0.15, -0.1) is 0 Å². The van der Waals surface area contributed by atoms with Crippen LogP contribution in [0.1, 0.15) is 25.3 Å². The number of aryl methyl sites for hydroxylation is 1. The molecule has 2 rings (SSSR count). The van der Waals surface area contributed by atoms with Crippen molar-refractivity contribution in [3.8, 4) is 5.75 Å². The van der Waals surface area contributed by atoms with Gasteiger partial charge in [-0.25, -0.2) is 0 Å². The minimum atomic E-state index is 0.616. The third-order valence-electron chi connectivity index (χ3n) is 3.28. The van der Waals surface area contributed by atoms with Crippen molar-refractivity contribution in [2.24, 2.45) is 5.92 Å². The number of ether oxygens (including phenoxy) is 1. The molecule has 3 heteroatoms. The minimum absolute atomic E-state index is 0.616. The van der Waals surface area contributed by atoms with E-state index >= 15 is 0 Å². The summed E-state index contributed by atoms with van der Waals surface area (Å²) in [5, 5.41) is 4.12. The predicted octanol–water partition coefficient (Wildman–Crippen LogP) is 3.28. The second-order valence-electron chi connectivity index (χ2n) is 4.64. The lowest BCUT2D eigenvalue weighted by Gasteiger charge is -2.23. The SMILES string of the molecule is CCc1ccc(OC[C@H]2CCCNC2)c(Cl)c1. The predicted molar refractivity (Wildman–Crippen MR) is 71.9 cm³/mol. The van der Waals surface area contributed by atoms with Gasteiger partial charge in [0.2, 0.25) is 0 Å². The molecule has 0 radical (unpaired) electrons. The lowest BCUT2D eigenvalue weighted by atomic mass is 10.0. The van der Waals surface area contributed by atoms with Gasteiger partial charge < -0.3 is 10.1 Å².